The zero-order valence-corrected chi connectivity index (χ0v) is 15.7. The molecule has 2 fully saturated rings. The Labute approximate surface area is 150 Å². The van der Waals surface area contributed by atoms with E-state index in [9.17, 15) is 4.79 Å². The minimum absolute atomic E-state index is 0.0926. The van der Waals surface area contributed by atoms with Crippen LogP contribution in [0.15, 0.2) is 4.52 Å². The molecule has 1 saturated heterocycles. The van der Waals surface area contributed by atoms with Crippen molar-refractivity contribution in [3.63, 3.8) is 0 Å². The number of amides is 1. The number of ether oxygens (including phenoxy) is 1. The molecule has 3 atom stereocenters. The Morgan fingerprint density at radius 3 is 2.80 bits per heavy atom. The molecule has 2 heterocycles. The Hall–Kier alpha value is -1.43. The van der Waals surface area contributed by atoms with Crippen LogP contribution in [0, 0.1) is 5.92 Å². The lowest BCUT2D eigenvalue weighted by Gasteiger charge is -2.33. The lowest BCUT2D eigenvalue weighted by Crippen LogP contribution is -2.42. The van der Waals surface area contributed by atoms with Crippen LogP contribution in [0.4, 0.5) is 0 Å². The molecule has 1 aromatic heterocycles. The third-order valence-corrected chi connectivity index (χ3v) is 5.54. The summed E-state index contributed by atoms with van der Waals surface area (Å²) in [6, 6.07) is 0. The number of nitrogens with zero attached hydrogens (tertiary/aromatic N) is 3. The molecule has 0 N–H and O–H groups in total. The van der Waals surface area contributed by atoms with Crippen molar-refractivity contribution in [2.45, 2.75) is 77.2 Å². The summed E-state index contributed by atoms with van der Waals surface area (Å²) >= 11 is 0. The summed E-state index contributed by atoms with van der Waals surface area (Å²) in [6.07, 6.45) is 7.00. The molecule has 6 nitrogen and oxygen atoms in total. The highest BCUT2D eigenvalue weighted by molar-refractivity contribution is 5.77. The average molecular weight is 349 g/mol. The van der Waals surface area contributed by atoms with Crippen LogP contribution in [0.25, 0.3) is 0 Å². The molecule has 1 amide bonds. The van der Waals surface area contributed by atoms with E-state index in [1.165, 1.54) is 19.3 Å². The van der Waals surface area contributed by atoms with Crippen molar-refractivity contribution in [1.29, 1.82) is 0 Å². The number of carbonyl (C=O) groups excluding carboxylic acids is 1. The molecule has 6 heteroatoms. The van der Waals surface area contributed by atoms with Crippen molar-refractivity contribution in [2.75, 3.05) is 19.7 Å². The Morgan fingerprint density at radius 2 is 2.08 bits per heavy atom. The van der Waals surface area contributed by atoms with Gasteiger partial charge >= 0.3 is 0 Å². The molecule has 3 rings (SSSR count). The van der Waals surface area contributed by atoms with E-state index in [1.54, 1.807) is 0 Å². The van der Waals surface area contributed by atoms with Gasteiger partial charge in [0.05, 0.1) is 6.10 Å². The molecule has 1 aliphatic heterocycles. The summed E-state index contributed by atoms with van der Waals surface area (Å²) in [6.45, 7) is 7.97. The van der Waals surface area contributed by atoms with E-state index in [1.807, 2.05) is 18.7 Å². The monoisotopic (exact) mass is 349 g/mol. The fourth-order valence-electron chi connectivity index (χ4n) is 3.86. The fourth-order valence-corrected chi connectivity index (χ4v) is 3.86. The standard InChI is InChI=1S/C19H31N3O3/c1-13(2)19-20-18(21-25-19)15-8-6-10-22(11-15)17(23)12-24-16-9-5-4-7-14(16)3/h13-16H,4-12H2,1-3H3/t14-,15+,16-/m0/s1. The van der Waals surface area contributed by atoms with Crippen molar-refractivity contribution in [2.24, 2.45) is 5.92 Å². The number of aromatic nitrogens is 2. The van der Waals surface area contributed by atoms with Crippen LogP contribution in [0.2, 0.25) is 0 Å². The molecule has 25 heavy (non-hydrogen) atoms. The number of likely N-dealkylation sites (tertiary alicyclic amines) is 1. The van der Waals surface area contributed by atoms with Gasteiger partial charge in [-0.15, -0.1) is 0 Å². The highest BCUT2D eigenvalue weighted by Crippen LogP contribution is 2.28. The molecule has 0 unspecified atom stereocenters. The van der Waals surface area contributed by atoms with Crippen molar-refractivity contribution < 1.29 is 14.1 Å². The smallest absolute Gasteiger partial charge is 0.248 e. The Bertz CT molecular complexity index is 572. The van der Waals surface area contributed by atoms with Crippen molar-refractivity contribution >= 4 is 5.91 Å². The highest BCUT2D eigenvalue weighted by atomic mass is 16.5. The predicted molar refractivity (Wildman–Crippen MR) is 94.3 cm³/mol. The van der Waals surface area contributed by atoms with Crippen LogP contribution < -0.4 is 0 Å². The minimum atomic E-state index is 0.0926. The molecule has 2 aliphatic rings. The average Bonchev–Trinajstić information content (AvgIpc) is 3.11. The topological polar surface area (TPSA) is 68.5 Å². The van der Waals surface area contributed by atoms with Crippen LogP contribution in [-0.2, 0) is 9.53 Å². The van der Waals surface area contributed by atoms with Crippen LogP contribution in [-0.4, -0.2) is 46.7 Å². The quantitative estimate of drug-likeness (QED) is 0.814. The largest absolute Gasteiger partial charge is 0.368 e. The van der Waals surface area contributed by atoms with Crippen molar-refractivity contribution in [1.82, 2.24) is 15.0 Å². The van der Waals surface area contributed by atoms with Crippen LogP contribution in [0.3, 0.4) is 0 Å². The van der Waals surface area contributed by atoms with E-state index < -0.39 is 0 Å². The van der Waals surface area contributed by atoms with Gasteiger partial charge in [-0.25, -0.2) is 0 Å². The molecule has 140 valence electrons. The predicted octanol–water partition coefficient (Wildman–Crippen LogP) is 3.49. The summed E-state index contributed by atoms with van der Waals surface area (Å²) in [4.78, 5) is 19.0. The number of rotatable bonds is 5. The molecular weight excluding hydrogens is 318 g/mol. The molecule has 1 aliphatic carbocycles. The van der Waals surface area contributed by atoms with Gasteiger partial charge in [-0.2, -0.15) is 4.98 Å². The first-order valence-electron chi connectivity index (χ1n) is 9.77. The Kier molecular flexibility index (Phi) is 6.10. The maximum Gasteiger partial charge on any atom is 0.248 e. The van der Waals surface area contributed by atoms with Crippen LogP contribution >= 0.6 is 0 Å². The lowest BCUT2D eigenvalue weighted by molar-refractivity contribution is -0.141. The number of carbonyl (C=O) groups is 1. The lowest BCUT2D eigenvalue weighted by atomic mass is 9.88. The summed E-state index contributed by atoms with van der Waals surface area (Å²) in [5, 5.41) is 4.13. The maximum absolute atomic E-state index is 12.6. The molecule has 0 radical (unpaired) electrons. The second-order valence-electron chi connectivity index (χ2n) is 7.94. The van der Waals surface area contributed by atoms with E-state index in [0.29, 0.717) is 18.4 Å². The number of hydrogen-bond donors (Lipinski definition) is 0. The first kappa shape index (κ1) is 18.4. The summed E-state index contributed by atoms with van der Waals surface area (Å²) < 4.78 is 11.3. The SMILES string of the molecule is CC(C)c1nc([C@@H]2CCCN(C(=O)CO[C@H]3CCCC[C@@H]3C)C2)no1. The van der Waals surface area contributed by atoms with Gasteiger partial charge in [-0.3, -0.25) is 4.79 Å². The van der Waals surface area contributed by atoms with Gasteiger partial charge in [0.15, 0.2) is 5.82 Å². The van der Waals surface area contributed by atoms with E-state index in [0.717, 1.165) is 31.6 Å². The van der Waals surface area contributed by atoms with Crippen molar-refractivity contribution in [3.8, 4) is 0 Å². The number of piperidine rings is 1. The van der Waals surface area contributed by atoms with Gasteiger partial charge < -0.3 is 14.2 Å². The van der Waals surface area contributed by atoms with E-state index in [4.69, 9.17) is 9.26 Å². The fraction of sp³-hybridized carbons (Fsp3) is 0.842. The summed E-state index contributed by atoms with van der Waals surface area (Å²) in [7, 11) is 0. The second-order valence-corrected chi connectivity index (χ2v) is 7.94. The Balaban J connectivity index is 1.52. The van der Waals surface area contributed by atoms with Gasteiger partial charge in [0.25, 0.3) is 0 Å². The van der Waals surface area contributed by atoms with E-state index >= 15 is 0 Å². The van der Waals surface area contributed by atoms with E-state index in [2.05, 4.69) is 17.1 Å². The Morgan fingerprint density at radius 1 is 1.28 bits per heavy atom. The van der Waals surface area contributed by atoms with Crippen LogP contribution in [0.5, 0.6) is 0 Å². The van der Waals surface area contributed by atoms with Crippen molar-refractivity contribution in [3.05, 3.63) is 11.7 Å². The summed E-state index contributed by atoms with van der Waals surface area (Å²) in [5.74, 6) is 2.46. The highest BCUT2D eigenvalue weighted by Gasteiger charge is 2.29. The van der Waals surface area contributed by atoms with Gasteiger partial charge in [0, 0.05) is 24.9 Å². The van der Waals surface area contributed by atoms with E-state index in [-0.39, 0.29) is 30.5 Å². The van der Waals surface area contributed by atoms with Crippen LogP contribution in [0.1, 0.15) is 82.8 Å². The zero-order valence-electron chi connectivity index (χ0n) is 15.7. The van der Waals surface area contributed by atoms with Gasteiger partial charge in [0.2, 0.25) is 11.8 Å². The summed E-state index contributed by atoms with van der Waals surface area (Å²) in [5.41, 5.74) is 0. The molecular formula is C19H31N3O3. The first-order valence-corrected chi connectivity index (χ1v) is 9.77. The molecule has 0 bridgehead atoms. The molecule has 0 aromatic carbocycles. The normalized spacial score (nSPS) is 27.7. The third kappa shape index (κ3) is 4.60. The third-order valence-electron chi connectivity index (χ3n) is 5.54. The maximum atomic E-state index is 12.6. The molecule has 1 aromatic rings. The molecule has 1 saturated carbocycles. The first-order chi connectivity index (χ1) is 12.0. The molecule has 0 spiro atoms. The van der Waals surface area contributed by atoms with Gasteiger partial charge in [-0.05, 0) is 31.6 Å². The number of hydrogen-bond acceptors (Lipinski definition) is 5. The van der Waals surface area contributed by atoms with Gasteiger partial charge in [0.1, 0.15) is 6.61 Å². The zero-order chi connectivity index (χ0) is 17.8. The van der Waals surface area contributed by atoms with Gasteiger partial charge in [-0.1, -0.05) is 38.8 Å². The second kappa shape index (κ2) is 8.30. The minimum Gasteiger partial charge on any atom is -0.368 e.